The molecule has 0 radical (unpaired) electrons. The zero-order valence-corrected chi connectivity index (χ0v) is 12.6. The number of aromatic nitrogens is 2. The quantitative estimate of drug-likeness (QED) is 0.762. The van der Waals surface area contributed by atoms with Crippen molar-refractivity contribution in [2.24, 2.45) is 0 Å². The first kappa shape index (κ1) is 14.1. The van der Waals surface area contributed by atoms with Gasteiger partial charge in [0.25, 0.3) is 10.0 Å². The zero-order valence-electron chi connectivity index (χ0n) is 10.2. The monoisotopic (exact) mass is 346 g/mol. The molecule has 0 aliphatic heterocycles. The molecular weight excluding hydrogens is 339 g/mol. The van der Waals surface area contributed by atoms with Crippen molar-refractivity contribution < 1.29 is 12.8 Å². The van der Waals surface area contributed by atoms with Crippen molar-refractivity contribution in [3.63, 3.8) is 0 Å². The number of fused-ring (bicyclic) bond motifs is 1. The molecule has 0 amide bonds. The highest BCUT2D eigenvalue weighted by atomic mass is 35.5. The van der Waals surface area contributed by atoms with Crippen molar-refractivity contribution in [1.82, 2.24) is 9.38 Å². The van der Waals surface area contributed by atoms with Crippen LogP contribution in [0.4, 0.5) is 15.9 Å². The molecule has 0 spiro atoms. The van der Waals surface area contributed by atoms with Crippen LogP contribution in [0, 0.1) is 5.82 Å². The summed E-state index contributed by atoms with van der Waals surface area (Å²) in [6.45, 7) is 0. The highest BCUT2D eigenvalue weighted by Gasteiger charge is 2.25. The van der Waals surface area contributed by atoms with Crippen LogP contribution < -0.4 is 10.5 Å². The molecule has 2 heterocycles. The molecule has 10 heteroatoms. The summed E-state index contributed by atoms with van der Waals surface area (Å²) in [5.74, 6) is -0.931. The third kappa shape index (κ3) is 2.43. The molecule has 3 aromatic rings. The van der Waals surface area contributed by atoms with Gasteiger partial charge in [0.1, 0.15) is 5.82 Å². The van der Waals surface area contributed by atoms with Crippen LogP contribution in [-0.4, -0.2) is 17.8 Å². The number of benzene rings is 1. The van der Waals surface area contributed by atoms with Crippen LogP contribution in [0.3, 0.4) is 0 Å². The van der Waals surface area contributed by atoms with Gasteiger partial charge in [0, 0.05) is 16.6 Å². The van der Waals surface area contributed by atoms with E-state index in [1.807, 2.05) is 0 Å². The Morgan fingerprint density at radius 1 is 1.43 bits per heavy atom. The second-order valence-corrected chi connectivity index (χ2v) is 6.99. The molecule has 2 aromatic heterocycles. The number of imidazole rings is 1. The van der Waals surface area contributed by atoms with Gasteiger partial charge in [-0.25, -0.2) is 9.37 Å². The number of sulfonamides is 1. The predicted molar refractivity (Wildman–Crippen MR) is 79.7 cm³/mol. The summed E-state index contributed by atoms with van der Waals surface area (Å²) in [5.41, 5.74) is 5.42. The van der Waals surface area contributed by atoms with Crippen molar-refractivity contribution >= 4 is 49.4 Å². The molecular formula is C11H8ClFN4O2S2. The van der Waals surface area contributed by atoms with Gasteiger partial charge in [-0.05, 0) is 18.2 Å². The lowest BCUT2D eigenvalue weighted by Gasteiger charge is -2.08. The van der Waals surface area contributed by atoms with Crippen molar-refractivity contribution in [2.75, 3.05) is 10.5 Å². The van der Waals surface area contributed by atoms with Crippen molar-refractivity contribution in [1.29, 1.82) is 0 Å². The Morgan fingerprint density at radius 3 is 2.90 bits per heavy atom. The van der Waals surface area contributed by atoms with Gasteiger partial charge in [-0.15, -0.1) is 11.3 Å². The molecule has 0 saturated carbocycles. The number of nitrogens with two attached hydrogens (primary N) is 1. The topological polar surface area (TPSA) is 89.5 Å². The molecule has 110 valence electrons. The molecule has 0 atom stereocenters. The summed E-state index contributed by atoms with van der Waals surface area (Å²) in [6.07, 6.45) is 1.52. The second kappa shape index (κ2) is 4.86. The van der Waals surface area contributed by atoms with Gasteiger partial charge in [-0.2, -0.15) is 8.42 Å². The molecule has 0 saturated heterocycles. The second-order valence-electron chi connectivity index (χ2n) is 4.09. The standard InChI is InChI=1S/C11H8ClFN4O2S2/c12-6-1-2-8(7(13)5-6)16-21(18,19)10-9(14)15-11-17(10)3-4-20-11/h1-5,16H,14H2. The fourth-order valence-corrected chi connectivity index (χ4v) is 4.03. The van der Waals surface area contributed by atoms with Gasteiger partial charge in [0.2, 0.25) is 5.03 Å². The smallest absolute Gasteiger partial charge is 0.281 e. The summed E-state index contributed by atoms with van der Waals surface area (Å²) >= 11 is 6.86. The Kier molecular flexibility index (Phi) is 3.27. The van der Waals surface area contributed by atoms with Crippen LogP contribution in [0.5, 0.6) is 0 Å². The zero-order chi connectivity index (χ0) is 15.2. The average molecular weight is 347 g/mol. The highest BCUT2D eigenvalue weighted by molar-refractivity contribution is 7.92. The number of nitrogens with zero attached hydrogens (tertiary/aromatic N) is 2. The fraction of sp³-hybridized carbons (Fsp3) is 0. The Bertz CT molecular complexity index is 935. The van der Waals surface area contributed by atoms with E-state index in [1.54, 1.807) is 5.38 Å². The van der Waals surface area contributed by atoms with E-state index in [-0.39, 0.29) is 21.6 Å². The Hall–Kier alpha value is -1.84. The van der Waals surface area contributed by atoms with Crippen LogP contribution in [-0.2, 0) is 10.0 Å². The third-order valence-corrected chi connectivity index (χ3v) is 5.07. The summed E-state index contributed by atoms with van der Waals surface area (Å²) in [4.78, 5) is 4.38. The number of halogens is 2. The van der Waals surface area contributed by atoms with Gasteiger partial charge in [0.15, 0.2) is 10.8 Å². The lowest BCUT2D eigenvalue weighted by Crippen LogP contribution is -2.17. The largest absolute Gasteiger partial charge is 0.381 e. The van der Waals surface area contributed by atoms with Gasteiger partial charge in [-0.3, -0.25) is 9.12 Å². The Labute approximate surface area is 128 Å². The molecule has 0 fully saturated rings. The minimum absolute atomic E-state index is 0.149. The van der Waals surface area contributed by atoms with Gasteiger partial charge >= 0.3 is 0 Å². The summed E-state index contributed by atoms with van der Waals surface area (Å²) < 4.78 is 42.0. The molecule has 0 aliphatic carbocycles. The van der Waals surface area contributed by atoms with E-state index in [1.165, 1.54) is 34.1 Å². The lowest BCUT2D eigenvalue weighted by molar-refractivity contribution is 0.595. The maximum Gasteiger partial charge on any atom is 0.281 e. The average Bonchev–Trinajstić information content (AvgIpc) is 2.91. The maximum atomic E-state index is 13.7. The first-order valence-electron chi connectivity index (χ1n) is 5.57. The molecule has 21 heavy (non-hydrogen) atoms. The van der Waals surface area contributed by atoms with E-state index in [4.69, 9.17) is 17.3 Å². The molecule has 3 rings (SSSR count). The van der Waals surface area contributed by atoms with E-state index < -0.39 is 15.8 Å². The molecule has 0 aliphatic rings. The van der Waals surface area contributed by atoms with Crippen molar-refractivity contribution in [2.45, 2.75) is 5.03 Å². The highest BCUT2D eigenvalue weighted by Crippen LogP contribution is 2.27. The van der Waals surface area contributed by atoms with Crippen LogP contribution >= 0.6 is 22.9 Å². The van der Waals surface area contributed by atoms with E-state index in [9.17, 15) is 12.8 Å². The minimum Gasteiger partial charge on any atom is -0.381 e. The van der Waals surface area contributed by atoms with Gasteiger partial charge < -0.3 is 5.73 Å². The van der Waals surface area contributed by atoms with Crippen LogP contribution in [0.2, 0.25) is 5.02 Å². The van der Waals surface area contributed by atoms with Gasteiger partial charge in [0.05, 0.1) is 5.69 Å². The van der Waals surface area contributed by atoms with E-state index in [2.05, 4.69) is 9.71 Å². The summed E-state index contributed by atoms with van der Waals surface area (Å²) in [6, 6.07) is 3.62. The summed E-state index contributed by atoms with van der Waals surface area (Å²) in [5, 5.41) is 1.61. The number of hydrogen-bond donors (Lipinski definition) is 2. The number of nitrogen functional groups attached to an aromatic ring is 1. The number of hydrogen-bond acceptors (Lipinski definition) is 5. The Morgan fingerprint density at radius 2 is 2.19 bits per heavy atom. The first-order valence-corrected chi connectivity index (χ1v) is 8.31. The lowest BCUT2D eigenvalue weighted by atomic mass is 10.3. The molecule has 0 bridgehead atoms. The van der Waals surface area contributed by atoms with Crippen molar-refractivity contribution in [3.8, 4) is 0 Å². The van der Waals surface area contributed by atoms with Gasteiger partial charge in [-0.1, -0.05) is 11.6 Å². The number of anilines is 2. The van der Waals surface area contributed by atoms with Crippen LogP contribution in [0.1, 0.15) is 0 Å². The SMILES string of the molecule is Nc1nc2sccn2c1S(=O)(=O)Nc1ccc(Cl)cc1F. The molecule has 3 N–H and O–H groups in total. The van der Waals surface area contributed by atoms with E-state index >= 15 is 0 Å². The summed E-state index contributed by atoms with van der Waals surface area (Å²) in [7, 11) is -4.08. The fourth-order valence-electron chi connectivity index (χ4n) is 1.81. The number of rotatable bonds is 3. The molecule has 1 aromatic carbocycles. The molecule has 6 nitrogen and oxygen atoms in total. The third-order valence-electron chi connectivity index (χ3n) is 2.67. The van der Waals surface area contributed by atoms with Crippen LogP contribution in [0.15, 0.2) is 34.8 Å². The predicted octanol–water partition coefficient (Wildman–Crippen LogP) is 2.57. The number of thiazole rings is 1. The maximum absolute atomic E-state index is 13.7. The minimum atomic E-state index is -4.08. The van der Waals surface area contributed by atoms with E-state index in [0.29, 0.717) is 4.96 Å². The van der Waals surface area contributed by atoms with Crippen molar-refractivity contribution in [3.05, 3.63) is 40.6 Å². The first-order chi connectivity index (χ1) is 9.88. The number of nitrogens with one attached hydrogen (secondary N) is 1. The van der Waals surface area contributed by atoms with Crippen LogP contribution in [0.25, 0.3) is 4.96 Å². The molecule has 0 unspecified atom stereocenters. The van der Waals surface area contributed by atoms with E-state index in [0.717, 1.165) is 6.07 Å². The Balaban J connectivity index is 2.08. The normalized spacial score (nSPS) is 11.9.